The topological polar surface area (TPSA) is 113 Å². The molecule has 0 aliphatic rings. The smallest absolute Gasteiger partial charge is 0.248 e. The Morgan fingerprint density at radius 1 is 1.61 bits per heavy atom. The molecule has 0 bridgehead atoms. The number of aliphatic hydroxyl groups excluding tert-OH is 1. The molecule has 7 nitrogen and oxygen atoms in total. The lowest BCUT2D eigenvalue weighted by atomic mass is 10.3. The Morgan fingerprint density at radius 3 is 2.94 bits per heavy atom. The highest BCUT2D eigenvalue weighted by Crippen LogP contribution is 2.19. The molecule has 1 rings (SSSR count). The number of amides is 1. The van der Waals surface area contributed by atoms with Crippen LogP contribution in [0.25, 0.3) is 0 Å². The molecule has 1 unspecified atom stereocenters. The van der Waals surface area contributed by atoms with Crippen LogP contribution >= 0.6 is 11.6 Å². The van der Waals surface area contributed by atoms with Crippen LogP contribution in [-0.2, 0) is 4.79 Å². The summed E-state index contributed by atoms with van der Waals surface area (Å²) in [5, 5.41) is 15.3. The normalized spacial score (nSPS) is 11.9. The Hall–Kier alpha value is -1.60. The van der Waals surface area contributed by atoms with Crippen molar-refractivity contribution in [2.24, 2.45) is 5.73 Å². The molecule has 1 aromatic rings. The maximum absolute atomic E-state index is 10.7. The predicted octanol–water partition coefficient (Wildman–Crippen LogP) is 0.210. The summed E-state index contributed by atoms with van der Waals surface area (Å²) in [5.41, 5.74) is 4.93. The van der Waals surface area contributed by atoms with Gasteiger partial charge >= 0.3 is 0 Å². The van der Waals surface area contributed by atoms with Gasteiger partial charge < -0.3 is 21.5 Å². The lowest BCUT2D eigenvalue weighted by Crippen LogP contribution is -2.34. The summed E-state index contributed by atoms with van der Waals surface area (Å²) in [4.78, 5) is 18.8. The number of anilines is 2. The van der Waals surface area contributed by atoms with Crippen molar-refractivity contribution in [3.05, 3.63) is 11.2 Å². The first-order chi connectivity index (χ1) is 8.54. The van der Waals surface area contributed by atoms with Crippen molar-refractivity contribution in [3.8, 4) is 0 Å². The number of hydrogen-bond acceptors (Lipinski definition) is 6. The minimum Gasteiger partial charge on any atom is -0.381 e. The van der Waals surface area contributed by atoms with Crippen molar-refractivity contribution in [2.45, 2.75) is 19.4 Å². The Bertz CT molecular complexity index is 415. The average molecular weight is 274 g/mol. The van der Waals surface area contributed by atoms with Crippen LogP contribution in [0.4, 0.5) is 11.8 Å². The number of aliphatic hydroxyl groups is 1. The van der Waals surface area contributed by atoms with E-state index in [1.54, 1.807) is 0 Å². The van der Waals surface area contributed by atoms with Gasteiger partial charge in [0.05, 0.1) is 12.7 Å². The number of nitrogens with zero attached hydrogens (tertiary/aromatic N) is 2. The Kier molecular flexibility index (Phi) is 5.60. The molecule has 0 aliphatic heterocycles. The van der Waals surface area contributed by atoms with Crippen LogP contribution in [0.3, 0.4) is 0 Å². The van der Waals surface area contributed by atoms with E-state index in [1.807, 2.05) is 6.92 Å². The van der Waals surface area contributed by atoms with Gasteiger partial charge in [-0.15, -0.1) is 0 Å². The number of rotatable bonds is 7. The highest BCUT2D eigenvalue weighted by atomic mass is 35.5. The third kappa shape index (κ3) is 4.34. The van der Waals surface area contributed by atoms with Crippen LogP contribution < -0.4 is 16.4 Å². The standard InChI is InChI=1S/C10H16ClN5O2/c1-2-3-13-10-15-4-6(11)9(16-10)14-5-7(17)8(12)18/h4,7,17H,2-3,5H2,1H3,(H2,12,18)(H2,13,14,15,16). The molecular formula is C10H16ClN5O2. The molecule has 0 saturated heterocycles. The van der Waals surface area contributed by atoms with Gasteiger partial charge in [-0.05, 0) is 6.42 Å². The predicted molar refractivity (Wildman–Crippen MR) is 69.5 cm³/mol. The van der Waals surface area contributed by atoms with Crippen LogP contribution in [0.1, 0.15) is 13.3 Å². The SMILES string of the molecule is CCCNc1ncc(Cl)c(NCC(O)C(N)=O)n1. The number of nitrogens with two attached hydrogens (primary N) is 1. The third-order valence-electron chi connectivity index (χ3n) is 2.07. The van der Waals surface area contributed by atoms with E-state index < -0.39 is 12.0 Å². The number of hydrogen-bond donors (Lipinski definition) is 4. The number of aromatic nitrogens is 2. The first kappa shape index (κ1) is 14.5. The number of carbonyl (C=O) groups excluding carboxylic acids is 1. The number of carbonyl (C=O) groups is 1. The summed E-state index contributed by atoms with van der Waals surface area (Å²) in [6.45, 7) is 2.70. The van der Waals surface area contributed by atoms with Gasteiger partial charge in [0.1, 0.15) is 11.1 Å². The Labute approximate surface area is 110 Å². The fraction of sp³-hybridized carbons (Fsp3) is 0.500. The Balaban J connectivity index is 2.66. The minimum absolute atomic E-state index is 0.0563. The monoisotopic (exact) mass is 273 g/mol. The number of nitrogens with one attached hydrogen (secondary N) is 2. The second-order valence-corrected chi connectivity index (χ2v) is 4.02. The van der Waals surface area contributed by atoms with E-state index in [0.29, 0.717) is 16.8 Å². The first-order valence-corrected chi connectivity index (χ1v) is 5.90. The van der Waals surface area contributed by atoms with Gasteiger partial charge in [-0.2, -0.15) is 4.98 Å². The van der Waals surface area contributed by atoms with Gasteiger partial charge in [0.2, 0.25) is 11.9 Å². The lowest BCUT2D eigenvalue weighted by Gasteiger charge is -2.11. The van der Waals surface area contributed by atoms with Crippen molar-refractivity contribution in [3.63, 3.8) is 0 Å². The Morgan fingerprint density at radius 2 is 2.33 bits per heavy atom. The second kappa shape index (κ2) is 6.97. The van der Waals surface area contributed by atoms with E-state index >= 15 is 0 Å². The van der Waals surface area contributed by atoms with Crippen molar-refractivity contribution in [1.82, 2.24) is 9.97 Å². The molecule has 0 radical (unpaired) electrons. The number of primary amides is 1. The van der Waals surface area contributed by atoms with E-state index in [0.717, 1.165) is 13.0 Å². The van der Waals surface area contributed by atoms with E-state index in [2.05, 4.69) is 20.6 Å². The van der Waals surface area contributed by atoms with Crippen LogP contribution in [0.5, 0.6) is 0 Å². The number of halogens is 1. The molecule has 0 saturated carbocycles. The van der Waals surface area contributed by atoms with E-state index in [1.165, 1.54) is 6.20 Å². The molecule has 0 fully saturated rings. The zero-order chi connectivity index (χ0) is 13.5. The summed E-state index contributed by atoms with van der Waals surface area (Å²) in [7, 11) is 0. The van der Waals surface area contributed by atoms with Crippen molar-refractivity contribution in [1.29, 1.82) is 0 Å². The summed E-state index contributed by atoms with van der Waals surface area (Å²) >= 11 is 5.88. The zero-order valence-corrected chi connectivity index (χ0v) is 10.7. The third-order valence-corrected chi connectivity index (χ3v) is 2.35. The molecule has 1 aromatic heterocycles. The maximum atomic E-state index is 10.7. The minimum atomic E-state index is -1.29. The highest BCUT2D eigenvalue weighted by molar-refractivity contribution is 6.32. The molecule has 8 heteroatoms. The second-order valence-electron chi connectivity index (χ2n) is 3.62. The van der Waals surface area contributed by atoms with Crippen molar-refractivity contribution < 1.29 is 9.90 Å². The first-order valence-electron chi connectivity index (χ1n) is 5.52. The fourth-order valence-corrected chi connectivity index (χ4v) is 1.26. The van der Waals surface area contributed by atoms with Crippen molar-refractivity contribution in [2.75, 3.05) is 23.7 Å². The molecule has 1 atom stereocenters. The molecule has 1 heterocycles. The summed E-state index contributed by atoms with van der Waals surface area (Å²) in [6.07, 6.45) is 1.09. The molecule has 0 aromatic carbocycles. The molecular weight excluding hydrogens is 258 g/mol. The van der Waals surface area contributed by atoms with E-state index in [-0.39, 0.29) is 6.54 Å². The highest BCUT2D eigenvalue weighted by Gasteiger charge is 2.12. The average Bonchev–Trinajstić information content (AvgIpc) is 2.35. The summed E-state index contributed by atoms with van der Waals surface area (Å²) in [5.74, 6) is -0.0418. The molecule has 0 aliphatic carbocycles. The van der Waals surface area contributed by atoms with E-state index in [9.17, 15) is 9.90 Å². The zero-order valence-electron chi connectivity index (χ0n) is 9.98. The van der Waals surface area contributed by atoms with Crippen molar-refractivity contribution >= 4 is 29.3 Å². The molecule has 1 amide bonds. The molecule has 5 N–H and O–H groups in total. The molecule has 18 heavy (non-hydrogen) atoms. The summed E-state index contributed by atoms with van der Waals surface area (Å²) in [6, 6.07) is 0. The van der Waals surface area contributed by atoms with Crippen LogP contribution in [0.2, 0.25) is 5.02 Å². The maximum Gasteiger partial charge on any atom is 0.248 e. The van der Waals surface area contributed by atoms with Gasteiger partial charge in [0.15, 0.2) is 5.82 Å². The van der Waals surface area contributed by atoms with Crippen LogP contribution in [-0.4, -0.2) is 40.2 Å². The largest absolute Gasteiger partial charge is 0.381 e. The van der Waals surface area contributed by atoms with Gasteiger partial charge in [-0.3, -0.25) is 4.79 Å². The quantitative estimate of drug-likeness (QED) is 0.565. The molecule has 100 valence electrons. The lowest BCUT2D eigenvalue weighted by molar-refractivity contribution is -0.125. The molecule has 0 spiro atoms. The van der Waals surface area contributed by atoms with Crippen LogP contribution in [0, 0.1) is 0 Å². The van der Waals surface area contributed by atoms with Gasteiger partial charge in [-0.25, -0.2) is 4.98 Å². The van der Waals surface area contributed by atoms with Crippen LogP contribution in [0.15, 0.2) is 6.20 Å². The fourth-order valence-electron chi connectivity index (χ4n) is 1.11. The summed E-state index contributed by atoms with van der Waals surface area (Å²) < 4.78 is 0. The van der Waals surface area contributed by atoms with E-state index in [4.69, 9.17) is 17.3 Å². The van der Waals surface area contributed by atoms with Gasteiger partial charge in [0, 0.05) is 6.54 Å². The van der Waals surface area contributed by atoms with Gasteiger partial charge in [0.25, 0.3) is 0 Å². The van der Waals surface area contributed by atoms with Gasteiger partial charge in [-0.1, -0.05) is 18.5 Å².